The van der Waals surface area contributed by atoms with Crippen molar-refractivity contribution in [1.82, 2.24) is 10.6 Å². The van der Waals surface area contributed by atoms with Gasteiger partial charge >= 0.3 is 6.09 Å². The molecule has 1 amide bonds. The van der Waals surface area contributed by atoms with Gasteiger partial charge in [-0.05, 0) is 77.5 Å². The normalized spacial score (nSPS) is 16.4. The highest BCUT2D eigenvalue weighted by molar-refractivity contribution is 9.13. The molecule has 7 heteroatoms. The summed E-state index contributed by atoms with van der Waals surface area (Å²) < 4.78 is 7.53. The fraction of sp³-hybridized carbons (Fsp3) is 0.667. The molecule has 1 atom stereocenters. The van der Waals surface area contributed by atoms with Crippen LogP contribution < -0.4 is 10.6 Å². The molecule has 2 rings (SSSR count). The second-order valence-corrected chi connectivity index (χ2v) is 9.86. The first kappa shape index (κ1) is 18.2. The van der Waals surface area contributed by atoms with Crippen LogP contribution in [0.3, 0.4) is 0 Å². The topological polar surface area (TPSA) is 50.4 Å². The van der Waals surface area contributed by atoms with Crippen LogP contribution in [0.4, 0.5) is 4.79 Å². The average molecular weight is 454 g/mol. The molecule has 0 aromatic carbocycles. The van der Waals surface area contributed by atoms with E-state index in [1.54, 1.807) is 11.3 Å². The molecule has 0 spiro atoms. The maximum Gasteiger partial charge on any atom is 0.407 e. The molecular weight excluding hydrogens is 432 g/mol. The standard InChI is InChI=1S/C15H22Br2N2O2S/c1-15(2,3)21-14(20)19-12(9-4-5-9)8-18-7-10-6-11(16)13(17)22-10/h6,9,12,18H,4-5,7-8H2,1-3H3,(H,19,20). The summed E-state index contributed by atoms with van der Waals surface area (Å²) in [5.41, 5.74) is -0.457. The van der Waals surface area contributed by atoms with Gasteiger partial charge < -0.3 is 15.4 Å². The molecule has 1 aliphatic carbocycles. The van der Waals surface area contributed by atoms with Crippen LogP contribution in [-0.4, -0.2) is 24.3 Å². The second kappa shape index (κ2) is 7.64. The zero-order chi connectivity index (χ0) is 16.3. The molecule has 1 aliphatic rings. The summed E-state index contributed by atoms with van der Waals surface area (Å²) in [7, 11) is 0. The van der Waals surface area contributed by atoms with Gasteiger partial charge in [0.25, 0.3) is 0 Å². The van der Waals surface area contributed by atoms with Crippen molar-refractivity contribution in [3.63, 3.8) is 0 Å². The van der Waals surface area contributed by atoms with Gasteiger partial charge in [-0.15, -0.1) is 11.3 Å². The third-order valence-corrected chi connectivity index (χ3v) is 6.51. The monoisotopic (exact) mass is 452 g/mol. The molecule has 0 saturated heterocycles. The minimum atomic E-state index is -0.457. The Balaban J connectivity index is 1.78. The first-order valence-electron chi connectivity index (χ1n) is 7.38. The van der Waals surface area contributed by atoms with E-state index in [2.05, 4.69) is 48.6 Å². The molecule has 0 radical (unpaired) electrons. The Labute approximate surface area is 152 Å². The number of thiophene rings is 1. The maximum absolute atomic E-state index is 11.9. The van der Waals surface area contributed by atoms with Crippen LogP contribution in [-0.2, 0) is 11.3 Å². The molecule has 1 heterocycles. The van der Waals surface area contributed by atoms with Crippen molar-refractivity contribution >= 4 is 49.3 Å². The lowest BCUT2D eigenvalue weighted by Gasteiger charge is -2.23. The van der Waals surface area contributed by atoms with Crippen LogP contribution in [0, 0.1) is 5.92 Å². The molecule has 1 saturated carbocycles. The Morgan fingerprint density at radius 1 is 1.45 bits per heavy atom. The summed E-state index contributed by atoms with van der Waals surface area (Å²) in [5, 5.41) is 6.43. The van der Waals surface area contributed by atoms with Crippen molar-refractivity contribution in [2.45, 2.75) is 51.8 Å². The van der Waals surface area contributed by atoms with Crippen molar-refractivity contribution in [3.05, 3.63) is 19.2 Å². The number of ether oxygens (including phenoxy) is 1. The van der Waals surface area contributed by atoms with E-state index in [-0.39, 0.29) is 12.1 Å². The Kier molecular flexibility index (Phi) is 6.33. The Bertz CT molecular complexity index is 505. The van der Waals surface area contributed by atoms with Gasteiger partial charge in [0.15, 0.2) is 0 Å². The molecular formula is C15H22Br2N2O2S. The number of halogens is 2. The van der Waals surface area contributed by atoms with Crippen LogP contribution in [0.5, 0.6) is 0 Å². The number of hydrogen-bond acceptors (Lipinski definition) is 4. The predicted octanol–water partition coefficient (Wildman–Crippen LogP) is 4.67. The van der Waals surface area contributed by atoms with Gasteiger partial charge in [0.2, 0.25) is 0 Å². The number of alkyl carbamates (subject to hydrolysis) is 1. The third-order valence-electron chi connectivity index (χ3n) is 3.25. The fourth-order valence-corrected chi connectivity index (χ4v) is 4.27. The van der Waals surface area contributed by atoms with E-state index >= 15 is 0 Å². The maximum atomic E-state index is 11.9. The summed E-state index contributed by atoms with van der Waals surface area (Å²) in [5.74, 6) is 0.571. The summed E-state index contributed by atoms with van der Waals surface area (Å²) >= 11 is 8.70. The molecule has 1 unspecified atom stereocenters. The average Bonchev–Trinajstić information content (AvgIpc) is 3.14. The van der Waals surface area contributed by atoms with Crippen molar-refractivity contribution in [2.24, 2.45) is 5.92 Å². The van der Waals surface area contributed by atoms with Gasteiger partial charge in [0.05, 0.1) is 3.79 Å². The highest BCUT2D eigenvalue weighted by atomic mass is 79.9. The lowest BCUT2D eigenvalue weighted by atomic mass is 10.2. The number of rotatable bonds is 6. The number of amides is 1. The highest BCUT2D eigenvalue weighted by Gasteiger charge is 2.33. The van der Waals surface area contributed by atoms with E-state index in [1.807, 2.05) is 20.8 Å². The van der Waals surface area contributed by atoms with E-state index < -0.39 is 5.60 Å². The molecule has 0 bridgehead atoms. The lowest BCUT2D eigenvalue weighted by Crippen LogP contribution is -2.45. The number of hydrogen-bond donors (Lipinski definition) is 2. The summed E-state index contributed by atoms with van der Waals surface area (Å²) in [6, 6.07) is 2.25. The smallest absolute Gasteiger partial charge is 0.407 e. The van der Waals surface area contributed by atoms with E-state index in [0.29, 0.717) is 5.92 Å². The molecule has 124 valence electrons. The van der Waals surface area contributed by atoms with Crippen LogP contribution in [0.25, 0.3) is 0 Å². The molecule has 1 aromatic heterocycles. The predicted molar refractivity (Wildman–Crippen MR) is 97.3 cm³/mol. The van der Waals surface area contributed by atoms with Crippen molar-refractivity contribution < 1.29 is 9.53 Å². The van der Waals surface area contributed by atoms with E-state index in [4.69, 9.17) is 4.74 Å². The number of carbonyl (C=O) groups is 1. The highest BCUT2D eigenvalue weighted by Crippen LogP contribution is 2.33. The minimum absolute atomic E-state index is 0.140. The molecule has 0 aliphatic heterocycles. The van der Waals surface area contributed by atoms with Gasteiger partial charge in [-0.2, -0.15) is 0 Å². The van der Waals surface area contributed by atoms with E-state index in [1.165, 1.54) is 17.7 Å². The Morgan fingerprint density at radius 3 is 2.64 bits per heavy atom. The fourth-order valence-electron chi connectivity index (χ4n) is 2.12. The molecule has 1 fully saturated rings. The molecule has 22 heavy (non-hydrogen) atoms. The molecule has 4 nitrogen and oxygen atoms in total. The van der Waals surface area contributed by atoms with Crippen LogP contribution in [0.1, 0.15) is 38.5 Å². The lowest BCUT2D eigenvalue weighted by molar-refractivity contribution is 0.0497. The second-order valence-electron chi connectivity index (χ2n) is 6.56. The van der Waals surface area contributed by atoms with Gasteiger partial charge in [-0.25, -0.2) is 4.79 Å². The Morgan fingerprint density at radius 2 is 2.14 bits per heavy atom. The van der Waals surface area contributed by atoms with E-state index in [0.717, 1.165) is 21.3 Å². The number of nitrogens with one attached hydrogen (secondary N) is 2. The minimum Gasteiger partial charge on any atom is -0.444 e. The van der Waals surface area contributed by atoms with Gasteiger partial charge in [0.1, 0.15) is 5.60 Å². The van der Waals surface area contributed by atoms with E-state index in [9.17, 15) is 4.79 Å². The summed E-state index contributed by atoms with van der Waals surface area (Å²) in [4.78, 5) is 13.2. The zero-order valence-corrected chi connectivity index (χ0v) is 17.0. The largest absolute Gasteiger partial charge is 0.444 e. The van der Waals surface area contributed by atoms with Crippen LogP contribution in [0.15, 0.2) is 14.3 Å². The first-order valence-corrected chi connectivity index (χ1v) is 9.79. The van der Waals surface area contributed by atoms with Gasteiger partial charge in [0, 0.05) is 28.5 Å². The quantitative estimate of drug-likeness (QED) is 0.658. The zero-order valence-electron chi connectivity index (χ0n) is 13.0. The summed E-state index contributed by atoms with van der Waals surface area (Å²) in [6.07, 6.45) is 2.03. The Hall–Kier alpha value is -0.110. The summed E-state index contributed by atoms with van der Waals surface area (Å²) in [6.45, 7) is 7.20. The molecule has 1 aromatic rings. The SMILES string of the molecule is CC(C)(C)OC(=O)NC(CNCc1cc(Br)c(Br)s1)C1CC1. The number of carbonyl (C=O) groups excluding carboxylic acids is 1. The van der Waals surface area contributed by atoms with Crippen LogP contribution >= 0.6 is 43.2 Å². The van der Waals surface area contributed by atoms with Crippen molar-refractivity contribution in [2.75, 3.05) is 6.54 Å². The van der Waals surface area contributed by atoms with Crippen molar-refractivity contribution in [1.29, 1.82) is 0 Å². The van der Waals surface area contributed by atoms with Crippen LogP contribution in [0.2, 0.25) is 0 Å². The van der Waals surface area contributed by atoms with Gasteiger partial charge in [-0.3, -0.25) is 0 Å². The third kappa shape index (κ3) is 6.18. The van der Waals surface area contributed by atoms with Gasteiger partial charge in [-0.1, -0.05) is 0 Å². The molecule has 2 N–H and O–H groups in total. The first-order chi connectivity index (χ1) is 10.2. The van der Waals surface area contributed by atoms with Crippen molar-refractivity contribution in [3.8, 4) is 0 Å².